The van der Waals surface area contributed by atoms with Crippen LogP contribution in [0.4, 0.5) is 5.69 Å². The fraction of sp³-hybridized carbons (Fsp3) is 0.625. The van der Waals surface area contributed by atoms with Gasteiger partial charge in [0, 0.05) is 25.3 Å². The molecule has 1 rings (SSSR count). The molecule has 0 heterocycles. The molecule has 0 aliphatic rings. The molecular formula is C16H28N2S. The van der Waals surface area contributed by atoms with Crippen LogP contribution in [0.1, 0.15) is 32.3 Å². The summed E-state index contributed by atoms with van der Waals surface area (Å²) < 4.78 is 0. The Morgan fingerprint density at radius 2 is 2.05 bits per heavy atom. The average molecular weight is 280 g/mol. The SMILES string of the molecule is CCCNCc1ccccc1N(C)C(C)CCSC. The number of thioether (sulfide) groups is 1. The predicted molar refractivity (Wildman–Crippen MR) is 89.3 cm³/mol. The van der Waals surface area contributed by atoms with E-state index >= 15 is 0 Å². The quantitative estimate of drug-likeness (QED) is 0.693. The first-order chi connectivity index (χ1) is 9.20. The maximum absolute atomic E-state index is 3.50. The molecule has 3 heteroatoms. The van der Waals surface area contributed by atoms with Crippen molar-refractivity contribution in [1.29, 1.82) is 0 Å². The van der Waals surface area contributed by atoms with Gasteiger partial charge in [0.15, 0.2) is 0 Å². The number of hydrogen-bond acceptors (Lipinski definition) is 3. The van der Waals surface area contributed by atoms with Crippen molar-refractivity contribution < 1.29 is 0 Å². The first-order valence-corrected chi connectivity index (χ1v) is 8.60. The van der Waals surface area contributed by atoms with Crippen molar-refractivity contribution in [2.75, 3.05) is 30.5 Å². The van der Waals surface area contributed by atoms with Crippen LogP contribution in [0.3, 0.4) is 0 Å². The van der Waals surface area contributed by atoms with Gasteiger partial charge in [0.05, 0.1) is 0 Å². The standard InChI is InChI=1S/C16H28N2S/c1-5-11-17-13-15-8-6-7-9-16(15)18(3)14(2)10-12-19-4/h6-9,14,17H,5,10-13H2,1-4H3. The number of nitrogens with one attached hydrogen (secondary N) is 1. The van der Waals surface area contributed by atoms with Crippen molar-refractivity contribution in [2.45, 2.75) is 39.3 Å². The minimum absolute atomic E-state index is 0.583. The van der Waals surface area contributed by atoms with Gasteiger partial charge in [-0.1, -0.05) is 25.1 Å². The van der Waals surface area contributed by atoms with E-state index in [1.807, 2.05) is 11.8 Å². The third kappa shape index (κ3) is 5.45. The molecule has 19 heavy (non-hydrogen) atoms. The van der Waals surface area contributed by atoms with Gasteiger partial charge in [0.25, 0.3) is 0 Å². The average Bonchev–Trinajstić information content (AvgIpc) is 2.44. The molecule has 0 aliphatic heterocycles. The molecule has 1 N–H and O–H groups in total. The highest BCUT2D eigenvalue weighted by molar-refractivity contribution is 7.98. The highest BCUT2D eigenvalue weighted by Gasteiger charge is 2.12. The van der Waals surface area contributed by atoms with E-state index in [0.29, 0.717) is 6.04 Å². The second-order valence-corrected chi connectivity index (χ2v) is 6.03. The molecule has 1 unspecified atom stereocenters. The molecule has 108 valence electrons. The Morgan fingerprint density at radius 3 is 2.74 bits per heavy atom. The van der Waals surface area contributed by atoms with Gasteiger partial charge in [-0.3, -0.25) is 0 Å². The zero-order chi connectivity index (χ0) is 14.1. The molecule has 1 aromatic rings. The van der Waals surface area contributed by atoms with E-state index in [0.717, 1.165) is 13.1 Å². The van der Waals surface area contributed by atoms with Gasteiger partial charge in [-0.25, -0.2) is 0 Å². The highest BCUT2D eigenvalue weighted by Crippen LogP contribution is 2.22. The van der Waals surface area contributed by atoms with E-state index in [9.17, 15) is 0 Å². The summed E-state index contributed by atoms with van der Waals surface area (Å²) in [6, 6.07) is 9.32. The smallest absolute Gasteiger partial charge is 0.0411 e. The minimum atomic E-state index is 0.583. The van der Waals surface area contributed by atoms with Gasteiger partial charge >= 0.3 is 0 Å². The first-order valence-electron chi connectivity index (χ1n) is 7.21. The van der Waals surface area contributed by atoms with Gasteiger partial charge in [0.1, 0.15) is 0 Å². The molecule has 0 amide bonds. The number of rotatable bonds is 9. The van der Waals surface area contributed by atoms with Gasteiger partial charge in [0.2, 0.25) is 0 Å². The Kier molecular flexibility index (Phi) is 7.99. The Morgan fingerprint density at radius 1 is 1.32 bits per heavy atom. The van der Waals surface area contributed by atoms with Gasteiger partial charge in [-0.05, 0) is 49.9 Å². The van der Waals surface area contributed by atoms with Crippen molar-refractivity contribution >= 4 is 17.4 Å². The largest absolute Gasteiger partial charge is 0.372 e. The second-order valence-electron chi connectivity index (χ2n) is 5.05. The molecule has 0 fully saturated rings. The van der Waals surface area contributed by atoms with E-state index in [1.165, 1.54) is 29.8 Å². The molecule has 1 atom stereocenters. The monoisotopic (exact) mass is 280 g/mol. The molecule has 0 spiro atoms. The molecule has 0 aliphatic carbocycles. The molecule has 0 saturated carbocycles. The summed E-state index contributed by atoms with van der Waals surface area (Å²) in [7, 11) is 2.21. The lowest BCUT2D eigenvalue weighted by molar-refractivity contribution is 0.650. The fourth-order valence-electron chi connectivity index (χ4n) is 2.12. The summed E-state index contributed by atoms with van der Waals surface area (Å²) in [5.41, 5.74) is 2.76. The van der Waals surface area contributed by atoms with E-state index < -0.39 is 0 Å². The molecule has 2 nitrogen and oxygen atoms in total. The van der Waals surface area contributed by atoms with E-state index in [-0.39, 0.29) is 0 Å². The van der Waals surface area contributed by atoms with Crippen LogP contribution >= 0.6 is 11.8 Å². The lowest BCUT2D eigenvalue weighted by Crippen LogP contribution is -2.30. The van der Waals surface area contributed by atoms with Crippen LogP contribution in [0.5, 0.6) is 0 Å². The van der Waals surface area contributed by atoms with Crippen LogP contribution in [0.25, 0.3) is 0 Å². The summed E-state index contributed by atoms with van der Waals surface area (Å²) in [4.78, 5) is 2.42. The highest BCUT2D eigenvalue weighted by atomic mass is 32.2. The molecule has 0 bridgehead atoms. The fourth-order valence-corrected chi connectivity index (χ4v) is 2.70. The topological polar surface area (TPSA) is 15.3 Å². The summed E-state index contributed by atoms with van der Waals surface area (Å²) in [6.07, 6.45) is 4.59. The maximum atomic E-state index is 3.50. The molecule has 0 saturated heterocycles. The van der Waals surface area contributed by atoms with Crippen molar-refractivity contribution in [1.82, 2.24) is 5.32 Å². The first kappa shape index (κ1) is 16.4. The van der Waals surface area contributed by atoms with Crippen molar-refractivity contribution in [3.8, 4) is 0 Å². The second kappa shape index (κ2) is 9.27. The predicted octanol–water partition coefficient (Wildman–Crippen LogP) is 3.76. The van der Waals surface area contributed by atoms with Crippen LogP contribution in [0, 0.1) is 0 Å². The summed E-state index contributed by atoms with van der Waals surface area (Å²) in [6.45, 7) is 6.56. The Labute approximate surface area is 123 Å². The maximum Gasteiger partial charge on any atom is 0.0411 e. The van der Waals surface area contributed by atoms with Crippen LogP contribution in [-0.4, -0.2) is 31.6 Å². The van der Waals surface area contributed by atoms with Gasteiger partial charge in [-0.2, -0.15) is 11.8 Å². The zero-order valence-electron chi connectivity index (χ0n) is 12.8. The normalized spacial score (nSPS) is 12.4. The van der Waals surface area contributed by atoms with Crippen molar-refractivity contribution in [2.24, 2.45) is 0 Å². The summed E-state index contributed by atoms with van der Waals surface area (Å²) >= 11 is 1.92. The Bertz CT molecular complexity index is 354. The number of benzene rings is 1. The lowest BCUT2D eigenvalue weighted by Gasteiger charge is -2.29. The number of anilines is 1. The summed E-state index contributed by atoms with van der Waals surface area (Å²) in [5.74, 6) is 1.22. The van der Waals surface area contributed by atoms with Crippen LogP contribution in [0.2, 0.25) is 0 Å². The number of hydrogen-bond donors (Lipinski definition) is 1. The van der Waals surface area contributed by atoms with E-state index in [4.69, 9.17) is 0 Å². The minimum Gasteiger partial charge on any atom is -0.372 e. The Balaban J connectivity index is 2.69. The van der Waals surface area contributed by atoms with Gasteiger partial charge < -0.3 is 10.2 Å². The van der Waals surface area contributed by atoms with Crippen molar-refractivity contribution in [3.05, 3.63) is 29.8 Å². The third-order valence-electron chi connectivity index (χ3n) is 3.51. The molecular weight excluding hydrogens is 252 g/mol. The van der Waals surface area contributed by atoms with E-state index in [1.54, 1.807) is 0 Å². The third-order valence-corrected chi connectivity index (χ3v) is 4.16. The molecule has 0 aromatic heterocycles. The van der Waals surface area contributed by atoms with E-state index in [2.05, 4.69) is 61.6 Å². The van der Waals surface area contributed by atoms with Crippen molar-refractivity contribution in [3.63, 3.8) is 0 Å². The van der Waals surface area contributed by atoms with Crippen LogP contribution < -0.4 is 10.2 Å². The van der Waals surface area contributed by atoms with Crippen LogP contribution in [0.15, 0.2) is 24.3 Å². The zero-order valence-corrected chi connectivity index (χ0v) is 13.6. The van der Waals surface area contributed by atoms with Crippen LogP contribution in [-0.2, 0) is 6.54 Å². The number of para-hydroxylation sites is 1. The summed E-state index contributed by atoms with van der Waals surface area (Å²) in [5, 5.41) is 3.50. The molecule has 1 aromatic carbocycles. The number of nitrogens with zero attached hydrogens (tertiary/aromatic N) is 1. The Hall–Kier alpha value is -0.670. The lowest BCUT2D eigenvalue weighted by atomic mass is 10.1. The molecule has 0 radical (unpaired) electrons. The van der Waals surface area contributed by atoms with Gasteiger partial charge in [-0.15, -0.1) is 0 Å².